The molecule has 16 heavy (non-hydrogen) atoms. The van der Waals surface area contributed by atoms with E-state index < -0.39 is 5.91 Å². The fourth-order valence-corrected chi connectivity index (χ4v) is 1.45. The second-order valence-corrected chi connectivity index (χ2v) is 4.24. The van der Waals surface area contributed by atoms with Crippen molar-refractivity contribution >= 4 is 17.4 Å². The van der Waals surface area contributed by atoms with Gasteiger partial charge in [-0.2, -0.15) is 0 Å². The summed E-state index contributed by atoms with van der Waals surface area (Å²) in [7, 11) is 0. The molecule has 1 aromatic rings. The Labute approximate surface area is 95.9 Å². The molecule has 0 aromatic heterocycles. The molecule has 0 spiro atoms. The number of Topliss-reactive ketones (excluding diaryl/α,β-unsaturated/α-hetero) is 1. The number of ketones is 1. The van der Waals surface area contributed by atoms with E-state index in [0.29, 0.717) is 0 Å². The van der Waals surface area contributed by atoms with Gasteiger partial charge < -0.3 is 5.32 Å². The average Bonchev–Trinajstić information content (AvgIpc) is 2.22. The van der Waals surface area contributed by atoms with Gasteiger partial charge in [-0.15, -0.1) is 0 Å². The standard InChI is InChI=1S/C13H17NO2/c1-8(2)12(15)13(16)14-11-9(3)6-5-7-10(11)4/h5-8H,1-4H3,(H,14,16). The van der Waals surface area contributed by atoms with E-state index in [1.807, 2.05) is 32.0 Å². The third-order valence-electron chi connectivity index (χ3n) is 2.47. The summed E-state index contributed by atoms with van der Waals surface area (Å²) in [6, 6.07) is 5.73. The maximum absolute atomic E-state index is 11.6. The Kier molecular flexibility index (Phi) is 3.82. The Morgan fingerprint density at radius 1 is 1.12 bits per heavy atom. The van der Waals surface area contributed by atoms with Crippen molar-refractivity contribution in [3.8, 4) is 0 Å². The third-order valence-corrected chi connectivity index (χ3v) is 2.47. The number of nitrogens with one attached hydrogen (secondary N) is 1. The lowest BCUT2D eigenvalue weighted by molar-refractivity contribution is -0.136. The first-order valence-electron chi connectivity index (χ1n) is 5.35. The smallest absolute Gasteiger partial charge is 0.292 e. The van der Waals surface area contributed by atoms with Crippen LogP contribution in [0, 0.1) is 19.8 Å². The van der Waals surface area contributed by atoms with Gasteiger partial charge in [0.25, 0.3) is 5.91 Å². The number of carbonyl (C=O) groups excluding carboxylic acids is 2. The third kappa shape index (κ3) is 2.69. The van der Waals surface area contributed by atoms with E-state index in [1.54, 1.807) is 13.8 Å². The van der Waals surface area contributed by atoms with E-state index in [1.165, 1.54) is 0 Å². The van der Waals surface area contributed by atoms with Crippen LogP contribution in [0.1, 0.15) is 25.0 Å². The molecule has 0 heterocycles. The monoisotopic (exact) mass is 219 g/mol. The molecule has 0 saturated carbocycles. The van der Waals surface area contributed by atoms with Gasteiger partial charge >= 0.3 is 0 Å². The number of benzene rings is 1. The minimum atomic E-state index is -0.535. The van der Waals surface area contributed by atoms with Crippen LogP contribution in [-0.2, 0) is 9.59 Å². The highest BCUT2D eigenvalue weighted by molar-refractivity contribution is 6.41. The van der Waals surface area contributed by atoms with Gasteiger partial charge in [0, 0.05) is 11.6 Å². The summed E-state index contributed by atoms with van der Waals surface area (Å²) in [6.07, 6.45) is 0. The lowest BCUT2D eigenvalue weighted by Crippen LogP contribution is -2.27. The number of para-hydroxylation sites is 1. The van der Waals surface area contributed by atoms with Crippen molar-refractivity contribution in [3.63, 3.8) is 0 Å². The van der Waals surface area contributed by atoms with Crippen LogP contribution < -0.4 is 5.32 Å². The fourth-order valence-electron chi connectivity index (χ4n) is 1.45. The summed E-state index contributed by atoms with van der Waals surface area (Å²) in [5.74, 6) is -1.20. The molecule has 1 rings (SSSR count). The Morgan fingerprint density at radius 3 is 2.06 bits per heavy atom. The maximum Gasteiger partial charge on any atom is 0.292 e. The minimum absolute atomic E-state index is 0.274. The summed E-state index contributed by atoms with van der Waals surface area (Å²) in [5.41, 5.74) is 2.66. The number of aryl methyl sites for hydroxylation is 2. The molecule has 0 unspecified atom stereocenters. The summed E-state index contributed by atoms with van der Waals surface area (Å²) >= 11 is 0. The highest BCUT2D eigenvalue weighted by atomic mass is 16.2. The molecule has 1 aromatic carbocycles. The SMILES string of the molecule is Cc1cccc(C)c1NC(=O)C(=O)C(C)C. The molecule has 0 aliphatic carbocycles. The zero-order valence-electron chi connectivity index (χ0n) is 10.1. The first kappa shape index (κ1) is 12.4. The first-order chi connectivity index (χ1) is 7.43. The highest BCUT2D eigenvalue weighted by Crippen LogP contribution is 2.19. The number of carbonyl (C=O) groups is 2. The molecule has 0 aliphatic rings. The van der Waals surface area contributed by atoms with Gasteiger partial charge in [-0.3, -0.25) is 9.59 Å². The predicted octanol–water partition coefficient (Wildman–Crippen LogP) is 2.47. The molecule has 1 amide bonds. The van der Waals surface area contributed by atoms with Crippen LogP contribution in [0.2, 0.25) is 0 Å². The Bertz CT molecular complexity index is 402. The van der Waals surface area contributed by atoms with Crippen LogP contribution in [0.5, 0.6) is 0 Å². The number of rotatable bonds is 3. The topological polar surface area (TPSA) is 46.2 Å². The van der Waals surface area contributed by atoms with Crippen LogP contribution in [0.15, 0.2) is 18.2 Å². The van der Waals surface area contributed by atoms with Gasteiger partial charge in [-0.1, -0.05) is 32.0 Å². The van der Waals surface area contributed by atoms with Gasteiger partial charge in [0.15, 0.2) is 0 Å². The Hall–Kier alpha value is -1.64. The summed E-state index contributed by atoms with van der Waals surface area (Å²) < 4.78 is 0. The van der Waals surface area contributed by atoms with E-state index in [0.717, 1.165) is 16.8 Å². The molecule has 3 nitrogen and oxygen atoms in total. The van der Waals surface area contributed by atoms with Crippen LogP contribution in [-0.4, -0.2) is 11.7 Å². The normalized spacial score (nSPS) is 10.3. The fraction of sp³-hybridized carbons (Fsp3) is 0.385. The molecule has 0 atom stereocenters. The van der Waals surface area contributed by atoms with E-state index in [4.69, 9.17) is 0 Å². The van der Waals surface area contributed by atoms with E-state index >= 15 is 0 Å². The zero-order chi connectivity index (χ0) is 12.3. The lowest BCUT2D eigenvalue weighted by Gasteiger charge is -2.11. The quantitative estimate of drug-likeness (QED) is 0.794. The number of amides is 1. The van der Waals surface area contributed by atoms with Crippen molar-refractivity contribution in [2.75, 3.05) is 5.32 Å². The minimum Gasteiger partial charge on any atom is -0.319 e. The molecule has 0 fully saturated rings. The van der Waals surface area contributed by atoms with Crippen LogP contribution in [0.3, 0.4) is 0 Å². The van der Waals surface area contributed by atoms with Crippen LogP contribution >= 0.6 is 0 Å². The van der Waals surface area contributed by atoms with Gasteiger partial charge in [-0.25, -0.2) is 0 Å². The van der Waals surface area contributed by atoms with Gasteiger partial charge in [0.1, 0.15) is 0 Å². The molecule has 86 valence electrons. The second kappa shape index (κ2) is 4.92. The summed E-state index contributed by atoms with van der Waals surface area (Å²) in [4.78, 5) is 23.1. The molecule has 0 aliphatic heterocycles. The van der Waals surface area contributed by atoms with Gasteiger partial charge in [0.2, 0.25) is 5.78 Å². The van der Waals surface area contributed by atoms with Crippen molar-refractivity contribution in [1.29, 1.82) is 0 Å². The average molecular weight is 219 g/mol. The molecule has 0 saturated heterocycles. The van der Waals surface area contributed by atoms with Gasteiger partial charge in [-0.05, 0) is 25.0 Å². The summed E-state index contributed by atoms with van der Waals surface area (Å²) in [5, 5.41) is 2.67. The predicted molar refractivity (Wildman–Crippen MR) is 64.4 cm³/mol. The van der Waals surface area contributed by atoms with Crippen molar-refractivity contribution in [1.82, 2.24) is 0 Å². The molecule has 0 bridgehead atoms. The maximum atomic E-state index is 11.6. The van der Waals surface area contributed by atoms with Crippen molar-refractivity contribution in [2.24, 2.45) is 5.92 Å². The van der Waals surface area contributed by atoms with Gasteiger partial charge in [0.05, 0.1) is 0 Å². The number of hydrogen-bond donors (Lipinski definition) is 1. The Morgan fingerprint density at radius 2 is 1.62 bits per heavy atom. The van der Waals surface area contributed by atoms with Crippen molar-refractivity contribution in [3.05, 3.63) is 29.3 Å². The van der Waals surface area contributed by atoms with E-state index in [-0.39, 0.29) is 11.7 Å². The molecular weight excluding hydrogens is 202 g/mol. The molecule has 1 N–H and O–H groups in total. The molecular formula is C13H17NO2. The molecule has 3 heteroatoms. The largest absolute Gasteiger partial charge is 0.319 e. The number of hydrogen-bond acceptors (Lipinski definition) is 2. The van der Waals surface area contributed by atoms with Crippen LogP contribution in [0.4, 0.5) is 5.69 Å². The second-order valence-electron chi connectivity index (χ2n) is 4.24. The highest BCUT2D eigenvalue weighted by Gasteiger charge is 2.18. The Balaban J connectivity index is 2.89. The first-order valence-corrected chi connectivity index (χ1v) is 5.35. The van der Waals surface area contributed by atoms with E-state index in [2.05, 4.69) is 5.32 Å². The lowest BCUT2D eigenvalue weighted by atomic mass is 10.1. The van der Waals surface area contributed by atoms with Crippen molar-refractivity contribution in [2.45, 2.75) is 27.7 Å². The summed E-state index contributed by atoms with van der Waals surface area (Å²) in [6.45, 7) is 7.24. The van der Waals surface area contributed by atoms with Crippen molar-refractivity contribution < 1.29 is 9.59 Å². The van der Waals surface area contributed by atoms with Crippen LogP contribution in [0.25, 0.3) is 0 Å². The number of anilines is 1. The zero-order valence-corrected chi connectivity index (χ0v) is 10.1. The van der Waals surface area contributed by atoms with E-state index in [9.17, 15) is 9.59 Å². The molecule has 0 radical (unpaired) electrons.